The quantitative estimate of drug-likeness (QED) is 0.900. The number of rotatable bonds is 4. The topological polar surface area (TPSA) is 41.6 Å². The largest absolute Gasteiger partial charge is 0.330 e. The molecule has 25 heavy (non-hydrogen) atoms. The molecule has 1 aliphatic heterocycles. The average molecular weight is 329 g/mol. The number of allylic oxidation sites excluding steroid dienone is 1. The van der Waals surface area contributed by atoms with Gasteiger partial charge in [-0.3, -0.25) is 0 Å². The van der Waals surface area contributed by atoms with Crippen LogP contribution < -0.4 is 10.6 Å². The maximum atomic E-state index is 5.79. The lowest BCUT2D eigenvalue weighted by Gasteiger charge is -2.45. The summed E-state index contributed by atoms with van der Waals surface area (Å²) in [6.07, 6.45) is 8.85. The van der Waals surface area contributed by atoms with Crippen molar-refractivity contribution in [2.75, 3.05) is 11.4 Å². The van der Waals surface area contributed by atoms with Crippen molar-refractivity contribution < 1.29 is 0 Å². The molecule has 2 unspecified atom stereocenters. The van der Waals surface area contributed by atoms with E-state index in [0.717, 1.165) is 24.4 Å². The summed E-state index contributed by atoms with van der Waals surface area (Å²) in [6.45, 7) is 0.716. The molecule has 1 heterocycles. The first-order valence-corrected chi connectivity index (χ1v) is 8.90. The van der Waals surface area contributed by atoms with Gasteiger partial charge in [0.2, 0.25) is 0 Å². The monoisotopic (exact) mass is 329 g/mol. The normalized spacial score (nSPS) is 24.1. The molecular weight excluding hydrogens is 306 g/mol. The Morgan fingerprint density at radius 3 is 2.36 bits per heavy atom. The van der Waals surface area contributed by atoms with Crippen molar-refractivity contribution in [2.45, 2.75) is 18.9 Å². The molecule has 0 spiro atoms. The Morgan fingerprint density at radius 2 is 1.72 bits per heavy atom. The fraction of sp³-hybridized carbons (Fsp3) is 0.227. The zero-order chi connectivity index (χ0) is 17.1. The highest BCUT2D eigenvalue weighted by atomic mass is 15.3. The van der Waals surface area contributed by atoms with Crippen LogP contribution in [-0.2, 0) is 0 Å². The van der Waals surface area contributed by atoms with Gasteiger partial charge in [-0.05, 0) is 48.7 Å². The molecule has 0 saturated carbocycles. The van der Waals surface area contributed by atoms with Gasteiger partial charge in [0.1, 0.15) is 5.84 Å². The minimum atomic E-state index is 0.361. The maximum absolute atomic E-state index is 5.79. The average Bonchev–Trinajstić information content (AvgIpc) is 2.67. The van der Waals surface area contributed by atoms with Crippen molar-refractivity contribution in [3.05, 3.63) is 84.5 Å². The van der Waals surface area contributed by atoms with Gasteiger partial charge in [-0.1, -0.05) is 54.6 Å². The summed E-state index contributed by atoms with van der Waals surface area (Å²) in [4.78, 5) is 7.22. The number of para-hydroxylation sites is 2. The zero-order valence-electron chi connectivity index (χ0n) is 14.3. The number of anilines is 1. The van der Waals surface area contributed by atoms with Crippen molar-refractivity contribution in [3.8, 4) is 0 Å². The van der Waals surface area contributed by atoms with E-state index < -0.39 is 0 Å². The van der Waals surface area contributed by atoms with Crippen LogP contribution in [0.1, 0.15) is 12.8 Å². The van der Waals surface area contributed by atoms with Gasteiger partial charge >= 0.3 is 0 Å². The van der Waals surface area contributed by atoms with Crippen molar-refractivity contribution in [3.63, 3.8) is 0 Å². The molecule has 126 valence electrons. The van der Waals surface area contributed by atoms with E-state index in [1.54, 1.807) is 0 Å². The number of nitrogens with two attached hydrogens (primary N) is 1. The van der Waals surface area contributed by atoms with Crippen LogP contribution in [0.2, 0.25) is 0 Å². The molecule has 0 bridgehead atoms. The number of hydrogen-bond donors (Lipinski definition) is 1. The molecule has 0 amide bonds. The molecule has 1 aliphatic carbocycles. The van der Waals surface area contributed by atoms with Crippen LogP contribution in [0.15, 0.2) is 89.5 Å². The Bertz CT molecular complexity index is 806. The molecule has 2 atom stereocenters. The first-order chi connectivity index (χ1) is 12.3. The summed E-state index contributed by atoms with van der Waals surface area (Å²) in [5.74, 6) is 1.60. The van der Waals surface area contributed by atoms with E-state index in [0.29, 0.717) is 18.5 Å². The molecule has 2 N–H and O–H groups in total. The lowest BCUT2D eigenvalue weighted by molar-refractivity contribution is 0.640. The molecule has 0 radical (unpaired) electrons. The van der Waals surface area contributed by atoms with E-state index in [1.807, 2.05) is 18.2 Å². The molecule has 3 heteroatoms. The summed E-state index contributed by atoms with van der Waals surface area (Å²) in [7, 11) is 0. The van der Waals surface area contributed by atoms with E-state index in [9.17, 15) is 0 Å². The number of hydrogen-bond acceptors (Lipinski definition) is 2. The molecule has 1 saturated heterocycles. The van der Waals surface area contributed by atoms with Crippen molar-refractivity contribution in [2.24, 2.45) is 16.6 Å². The fourth-order valence-electron chi connectivity index (χ4n) is 3.47. The Hall–Kier alpha value is -2.65. The van der Waals surface area contributed by atoms with Gasteiger partial charge in [-0.15, -0.1) is 0 Å². The second-order valence-corrected chi connectivity index (χ2v) is 6.58. The first kappa shape index (κ1) is 15.9. The Kier molecular flexibility index (Phi) is 4.49. The zero-order valence-corrected chi connectivity index (χ0v) is 14.3. The summed E-state index contributed by atoms with van der Waals surface area (Å²) < 4.78 is 0. The van der Waals surface area contributed by atoms with Crippen molar-refractivity contribution in [1.82, 2.24) is 0 Å². The molecule has 3 nitrogen and oxygen atoms in total. The molecule has 2 aromatic rings. The van der Waals surface area contributed by atoms with Crippen LogP contribution >= 0.6 is 0 Å². The van der Waals surface area contributed by atoms with E-state index in [2.05, 4.69) is 65.6 Å². The van der Waals surface area contributed by atoms with Gasteiger partial charge in [-0.25, -0.2) is 4.99 Å². The molecule has 4 rings (SSSR count). The standard InChI is InChI=1S/C22H23N3/c23-16-17-11-13-18(14-12-17)21-15-22(24-19-7-3-1-4-8-19)25(21)20-9-5-2-6-10-20/h1-11,13-14,17,21H,12,15-16,23H2. The lowest BCUT2D eigenvalue weighted by atomic mass is 9.86. The molecule has 2 aromatic carbocycles. The third-order valence-electron chi connectivity index (χ3n) is 4.92. The predicted molar refractivity (Wildman–Crippen MR) is 105 cm³/mol. The highest BCUT2D eigenvalue weighted by molar-refractivity contribution is 6.07. The Morgan fingerprint density at radius 1 is 1.00 bits per heavy atom. The smallest absolute Gasteiger partial charge is 0.112 e. The van der Waals surface area contributed by atoms with E-state index >= 15 is 0 Å². The second-order valence-electron chi connectivity index (χ2n) is 6.58. The SMILES string of the molecule is NCC1C=CC(C2CC(=Nc3ccccc3)N2c2ccccc2)=CC1. The van der Waals surface area contributed by atoms with E-state index in [-0.39, 0.29) is 0 Å². The lowest BCUT2D eigenvalue weighted by Crippen LogP contribution is -2.54. The number of benzene rings is 2. The third kappa shape index (κ3) is 3.28. The first-order valence-electron chi connectivity index (χ1n) is 8.90. The summed E-state index contributed by atoms with van der Waals surface area (Å²) in [6, 6.07) is 21.1. The van der Waals surface area contributed by atoms with Crippen LogP contribution in [0.3, 0.4) is 0 Å². The predicted octanol–water partition coefficient (Wildman–Crippen LogP) is 4.46. The minimum Gasteiger partial charge on any atom is -0.330 e. The molecular formula is C22H23N3. The highest BCUT2D eigenvalue weighted by Crippen LogP contribution is 2.36. The second kappa shape index (κ2) is 7.08. The van der Waals surface area contributed by atoms with Gasteiger partial charge in [-0.2, -0.15) is 0 Å². The van der Waals surface area contributed by atoms with Crippen LogP contribution in [0.5, 0.6) is 0 Å². The van der Waals surface area contributed by atoms with Crippen molar-refractivity contribution in [1.29, 1.82) is 0 Å². The van der Waals surface area contributed by atoms with Gasteiger partial charge < -0.3 is 10.6 Å². The van der Waals surface area contributed by atoms with Gasteiger partial charge in [0, 0.05) is 12.1 Å². The van der Waals surface area contributed by atoms with Crippen LogP contribution in [0.4, 0.5) is 11.4 Å². The highest BCUT2D eigenvalue weighted by Gasteiger charge is 2.37. The van der Waals surface area contributed by atoms with Crippen molar-refractivity contribution >= 4 is 17.2 Å². The van der Waals surface area contributed by atoms with Gasteiger partial charge in [0.15, 0.2) is 0 Å². The van der Waals surface area contributed by atoms with E-state index in [1.165, 1.54) is 11.3 Å². The number of aliphatic imine (C=N–C) groups is 1. The van der Waals surface area contributed by atoms with E-state index in [4.69, 9.17) is 10.7 Å². The molecule has 2 aliphatic rings. The van der Waals surface area contributed by atoms with Crippen LogP contribution in [0, 0.1) is 5.92 Å². The van der Waals surface area contributed by atoms with Gasteiger partial charge in [0.25, 0.3) is 0 Å². The molecule has 0 aromatic heterocycles. The summed E-state index contributed by atoms with van der Waals surface area (Å²) in [5.41, 5.74) is 9.37. The molecule has 1 fully saturated rings. The third-order valence-corrected chi connectivity index (χ3v) is 4.92. The minimum absolute atomic E-state index is 0.361. The van der Waals surface area contributed by atoms with Crippen LogP contribution in [0.25, 0.3) is 0 Å². The van der Waals surface area contributed by atoms with Gasteiger partial charge in [0.05, 0.1) is 11.7 Å². The number of nitrogens with zero attached hydrogens (tertiary/aromatic N) is 2. The van der Waals surface area contributed by atoms with Crippen LogP contribution in [-0.4, -0.2) is 18.4 Å². The summed E-state index contributed by atoms with van der Waals surface area (Å²) in [5, 5.41) is 0. The summed E-state index contributed by atoms with van der Waals surface area (Å²) >= 11 is 0. The maximum Gasteiger partial charge on any atom is 0.112 e. The fourth-order valence-corrected chi connectivity index (χ4v) is 3.47. The Balaban J connectivity index is 1.62. The Labute approximate surface area is 149 Å². The number of amidine groups is 1.